The first-order valence-electron chi connectivity index (χ1n) is 8.07. The largest absolute Gasteiger partial charge is 0.383 e. The molecule has 0 unspecified atom stereocenters. The highest BCUT2D eigenvalue weighted by Gasteiger charge is 2.27. The van der Waals surface area contributed by atoms with Crippen LogP contribution in [0.4, 0.5) is 5.69 Å². The van der Waals surface area contributed by atoms with Gasteiger partial charge in [-0.3, -0.25) is 9.10 Å². The fourth-order valence-corrected chi connectivity index (χ4v) is 4.14. The first kappa shape index (κ1) is 21.5. The molecule has 6 nitrogen and oxygen atoms in total. The molecule has 0 spiro atoms. The third-order valence-corrected chi connectivity index (χ3v) is 6.16. The van der Waals surface area contributed by atoms with Gasteiger partial charge < -0.3 is 10.1 Å². The molecule has 0 radical (unpaired) electrons. The van der Waals surface area contributed by atoms with Gasteiger partial charge in [0.15, 0.2) is 0 Å². The van der Waals surface area contributed by atoms with Crippen molar-refractivity contribution in [3.63, 3.8) is 0 Å². The van der Waals surface area contributed by atoms with E-state index >= 15 is 0 Å². The molecule has 1 N–H and O–H groups in total. The molecule has 0 saturated heterocycles. The highest BCUT2D eigenvalue weighted by Crippen LogP contribution is 2.30. The van der Waals surface area contributed by atoms with Crippen LogP contribution in [0.1, 0.15) is 6.92 Å². The standard InChI is InChI=1S/C18H20Cl2N2O4S/c1-13(12-26-2)21-18(23)11-22(14-8-9-16(19)17(20)10-14)27(24,25)15-6-4-3-5-7-15/h3-10,13H,11-12H2,1-2H3,(H,21,23)/t13-/m1/s1. The molecule has 0 saturated carbocycles. The molecule has 0 aromatic heterocycles. The van der Waals surface area contributed by atoms with Gasteiger partial charge in [0.05, 0.1) is 27.2 Å². The highest BCUT2D eigenvalue weighted by atomic mass is 35.5. The van der Waals surface area contributed by atoms with E-state index in [1.165, 1.54) is 37.4 Å². The first-order chi connectivity index (χ1) is 12.8. The number of amides is 1. The predicted molar refractivity (Wildman–Crippen MR) is 107 cm³/mol. The molecule has 146 valence electrons. The summed E-state index contributed by atoms with van der Waals surface area (Å²) in [6.45, 7) is 1.66. The van der Waals surface area contributed by atoms with Crippen LogP contribution < -0.4 is 9.62 Å². The molecule has 0 aliphatic rings. The van der Waals surface area contributed by atoms with E-state index in [4.69, 9.17) is 27.9 Å². The number of carbonyl (C=O) groups is 1. The van der Waals surface area contributed by atoms with Crippen molar-refractivity contribution >= 4 is 44.8 Å². The van der Waals surface area contributed by atoms with Gasteiger partial charge in [-0.2, -0.15) is 0 Å². The van der Waals surface area contributed by atoms with Crippen LogP contribution in [0.2, 0.25) is 10.0 Å². The number of halogens is 2. The fourth-order valence-electron chi connectivity index (χ4n) is 2.42. The van der Waals surface area contributed by atoms with Crippen molar-refractivity contribution in [3.8, 4) is 0 Å². The maximum atomic E-state index is 13.1. The van der Waals surface area contributed by atoms with Gasteiger partial charge in [0.25, 0.3) is 10.0 Å². The van der Waals surface area contributed by atoms with E-state index in [2.05, 4.69) is 5.32 Å². The van der Waals surface area contributed by atoms with E-state index in [1.807, 2.05) is 0 Å². The first-order valence-corrected chi connectivity index (χ1v) is 10.3. The molecule has 0 bridgehead atoms. The quantitative estimate of drug-likeness (QED) is 0.696. The number of carbonyl (C=O) groups excluding carboxylic acids is 1. The Kier molecular flexibility index (Phi) is 7.49. The van der Waals surface area contributed by atoms with Crippen molar-refractivity contribution in [2.45, 2.75) is 17.9 Å². The summed E-state index contributed by atoms with van der Waals surface area (Å²) >= 11 is 12.0. The Morgan fingerprint density at radius 3 is 2.41 bits per heavy atom. The smallest absolute Gasteiger partial charge is 0.264 e. The van der Waals surface area contributed by atoms with Crippen LogP contribution in [0, 0.1) is 0 Å². The summed E-state index contributed by atoms with van der Waals surface area (Å²) in [7, 11) is -2.47. The lowest BCUT2D eigenvalue weighted by Crippen LogP contribution is -2.44. The Hall–Kier alpha value is -1.80. The van der Waals surface area contributed by atoms with Crippen molar-refractivity contribution in [1.82, 2.24) is 5.32 Å². The number of rotatable bonds is 8. The highest BCUT2D eigenvalue weighted by molar-refractivity contribution is 7.92. The van der Waals surface area contributed by atoms with Crippen molar-refractivity contribution in [3.05, 3.63) is 58.6 Å². The minimum atomic E-state index is -3.99. The lowest BCUT2D eigenvalue weighted by atomic mass is 10.3. The van der Waals surface area contributed by atoms with E-state index in [9.17, 15) is 13.2 Å². The summed E-state index contributed by atoms with van der Waals surface area (Å²) in [5.41, 5.74) is 0.239. The summed E-state index contributed by atoms with van der Waals surface area (Å²) in [6.07, 6.45) is 0. The van der Waals surface area contributed by atoms with Crippen molar-refractivity contribution in [2.24, 2.45) is 0 Å². The van der Waals surface area contributed by atoms with Gasteiger partial charge in [-0.05, 0) is 37.3 Å². The number of benzene rings is 2. The maximum absolute atomic E-state index is 13.1. The van der Waals surface area contributed by atoms with Crippen molar-refractivity contribution in [2.75, 3.05) is 24.6 Å². The van der Waals surface area contributed by atoms with Crippen LogP contribution in [0.3, 0.4) is 0 Å². The van der Waals surface area contributed by atoms with E-state index in [0.29, 0.717) is 6.61 Å². The van der Waals surface area contributed by atoms with Gasteiger partial charge in [0, 0.05) is 13.2 Å². The van der Waals surface area contributed by atoms with Gasteiger partial charge >= 0.3 is 0 Å². The van der Waals surface area contributed by atoms with Crippen LogP contribution in [-0.4, -0.2) is 40.6 Å². The average molecular weight is 431 g/mol. The van der Waals surface area contributed by atoms with Crippen LogP contribution >= 0.6 is 23.2 Å². The molecule has 0 heterocycles. The molecule has 1 atom stereocenters. The zero-order valence-electron chi connectivity index (χ0n) is 14.9. The number of sulfonamides is 1. The minimum absolute atomic E-state index is 0.0637. The number of anilines is 1. The number of hydrogen-bond acceptors (Lipinski definition) is 4. The minimum Gasteiger partial charge on any atom is -0.383 e. The molecular formula is C18H20Cl2N2O4S. The molecule has 2 rings (SSSR count). The van der Waals surface area contributed by atoms with Gasteiger partial charge in [-0.25, -0.2) is 8.42 Å². The predicted octanol–water partition coefficient (Wildman–Crippen LogP) is 3.34. The third kappa shape index (κ3) is 5.59. The zero-order chi connectivity index (χ0) is 20.0. The Morgan fingerprint density at radius 2 is 1.81 bits per heavy atom. The van der Waals surface area contributed by atoms with Gasteiger partial charge in [-0.15, -0.1) is 0 Å². The Bertz CT molecular complexity index is 891. The SMILES string of the molecule is COC[C@@H](C)NC(=O)CN(c1ccc(Cl)c(Cl)c1)S(=O)(=O)c1ccccc1. The Labute approximate surface area is 169 Å². The fraction of sp³-hybridized carbons (Fsp3) is 0.278. The van der Waals surface area contributed by atoms with Crippen LogP contribution in [0.15, 0.2) is 53.4 Å². The molecule has 1 amide bonds. The molecule has 2 aromatic carbocycles. The Morgan fingerprint density at radius 1 is 1.15 bits per heavy atom. The maximum Gasteiger partial charge on any atom is 0.264 e. The third-order valence-electron chi connectivity index (χ3n) is 3.63. The molecule has 9 heteroatoms. The van der Waals surface area contributed by atoms with Crippen molar-refractivity contribution < 1.29 is 17.9 Å². The monoisotopic (exact) mass is 430 g/mol. The number of nitrogens with one attached hydrogen (secondary N) is 1. The Balaban J connectivity index is 2.40. The van der Waals surface area contributed by atoms with E-state index in [0.717, 1.165) is 4.31 Å². The molecule has 0 fully saturated rings. The number of nitrogens with zero attached hydrogens (tertiary/aromatic N) is 1. The molecule has 27 heavy (non-hydrogen) atoms. The number of ether oxygens (including phenoxy) is 1. The van der Waals surface area contributed by atoms with Crippen LogP contribution in [0.25, 0.3) is 0 Å². The average Bonchev–Trinajstić information content (AvgIpc) is 2.63. The molecular weight excluding hydrogens is 411 g/mol. The summed E-state index contributed by atoms with van der Waals surface area (Å²) in [5, 5.41) is 3.18. The topological polar surface area (TPSA) is 75.7 Å². The molecule has 0 aliphatic heterocycles. The molecule has 2 aromatic rings. The molecule has 0 aliphatic carbocycles. The van der Waals surface area contributed by atoms with Crippen molar-refractivity contribution in [1.29, 1.82) is 0 Å². The summed E-state index contributed by atoms with van der Waals surface area (Å²) in [5.74, 6) is -0.467. The van der Waals surface area contributed by atoms with Crippen LogP contribution in [-0.2, 0) is 19.6 Å². The van der Waals surface area contributed by atoms with E-state index in [-0.39, 0.29) is 26.7 Å². The normalized spacial score (nSPS) is 12.4. The summed E-state index contributed by atoms with van der Waals surface area (Å²) in [4.78, 5) is 12.5. The van der Waals surface area contributed by atoms with E-state index in [1.54, 1.807) is 25.1 Å². The lowest BCUT2D eigenvalue weighted by molar-refractivity contribution is -0.120. The second kappa shape index (κ2) is 9.41. The van der Waals surface area contributed by atoms with Gasteiger partial charge in [0.1, 0.15) is 6.54 Å². The number of hydrogen-bond donors (Lipinski definition) is 1. The van der Waals surface area contributed by atoms with Gasteiger partial charge in [-0.1, -0.05) is 41.4 Å². The van der Waals surface area contributed by atoms with Gasteiger partial charge in [0.2, 0.25) is 5.91 Å². The zero-order valence-corrected chi connectivity index (χ0v) is 17.2. The summed E-state index contributed by atoms with van der Waals surface area (Å²) in [6, 6.07) is 12.0. The summed E-state index contributed by atoms with van der Waals surface area (Å²) < 4.78 is 32.2. The number of methoxy groups -OCH3 is 1. The van der Waals surface area contributed by atoms with Crippen LogP contribution in [0.5, 0.6) is 0 Å². The lowest BCUT2D eigenvalue weighted by Gasteiger charge is -2.25. The van der Waals surface area contributed by atoms with E-state index < -0.39 is 22.5 Å². The second-order valence-corrected chi connectivity index (χ2v) is 8.52. The second-order valence-electron chi connectivity index (χ2n) is 5.85.